The number of amides is 2. The average Bonchev–Trinajstić information content (AvgIpc) is 2.93. The van der Waals surface area contributed by atoms with Crippen LogP contribution in [0.3, 0.4) is 0 Å². The Labute approximate surface area is 127 Å². The summed E-state index contributed by atoms with van der Waals surface area (Å²) in [6.07, 6.45) is 1.31. The predicted octanol–water partition coefficient (Wildman–Crippen LogP) is 1.69. The average molecular weight is 301 g/mol. The lowest BCUT2D eigenvalue weighted by molar-refractivity contribution is -0.136. The van der Waals surface area contributed by atoms with Crippen molar-refractivity contribution in [1.29, 1.82) is 0 Å². The summed E-state index contributed by atoms with van der Waals surface area (Å²) in [7, 11) is 1.47. The second-order valence-electron chi connectivity index (χ2n) is 4.30. The third kappa shape index (κ3) is 3.95. The normalized spacial score (nSPS) is 10.5. The summed E-state index contributed by atoms with van der Waals surface area (Å²) in [6.45, 7) is 1.79. The number of nitrogens with one attached hydrogen (secondary N) is 2. The van der Waals surface area contributed by atoms with Crippen molar-refractivity contribution in [2.24, 2.45) is 5.10 Å². The number of carbonyl (C=O) groups is 2. The van der Waals surface area contributed by atoms with Gasteiger partial charge >= 0.3 is 11.8 Å². The largest absolute Gasteiger partial charge is 0.495 e. The van der Waals surface area contributed by atoms with Crippen molar-refractivity contribution < 1.29 is 18.7 Å². The van der Waals surface area contributed by atoms with Gasteiger partial charge in [0, 0.05) is 0 Å². The molecule has 0 atom stereocenters. The first-order chi connectivity index (χ1) is 10.6. The standard InChI is InChI=1S/C15H15N3O4/c1-10-7-8-11(22-10)9-16-18-15(20)14(19)17-12-5-3-4-6-13(12)21-2/h3-9H,1-2H3,(H,17,19)(H,18,20). The highest BCUT2D eigenvalue weighted by Gasteiger charge is 2.14. The van der Waals surface area contributed by atoms with Gasteiger partial charge in [0.15, 0.2) is 0 Å². The topological polar surface area (TPSA) is 92.9 Å². The van der Waals surface area contributed by atoms with Gasteiger partial charge in [-0.25, -0.2) is 5.43 Å². The predicted molar refractivity (Wildman–Crippen MR) is 80.8 cm³/mol. The Hall–Kier alpha value is -3.09. The minimum atomic E-state index is -0.898. The van der Waals surface area contributed by atoms with Gasteiger partial charge in [0.2, 0.25) is 0 Å². The zero-order chi connectivity index (χ0) is 15.9. The van der Waals surface area contributed by atoms with E-state index in [1.165, 1.54) is 13.3 Å². The number of hydrazone groups is 1. The molecule has 114 valence electrons. The van der Waals surface area contributed by atoms with Gasteiger partial charge in [-0.2, -0.15) is 5.10 Å². The van der Waals surface area contributed by atoms with Crippen LogP contribution in [-0.4, -0.2) is 25.1 Å². The van der Waals surface area contributed by atoms with Crippen LogP contribution in [0, 0.1) is 6.92 Å². The van der Waals surface area contributed by atoms with Crippen molar-refractivity contribution in [3.8, 4) is 5.75 Å². The van der Waals surface area contributed by atoms with Crippen LogP contribution in [0.5, 0.6) is 5.75 Å². The summed E-state index contributed by atoms with van der Waals surface area (Å²) >= 11 is 0. The molecule has 2 rings (SSSR count). The van der Waals surface area contributed by atoms with Gasteiger partial charge in [0.05, 0.1) is 19.0 Å². The van der Waals surface area contributed by atoms with Gasteiger partial charge in [-0.15, -0.1) is 0 Å². The second-order valence-corrected chi connectivity index (χ2v) is 4.30. The van der Waals surface area contributed by atoms with Crippen molar-refractivity contribution in [2.75, 3.05) is 12.4 Å². The molecule has 0 aliphatic carbocycles. The third-order valence-corrected chi connectivity index (χ3v) is 2.68. The van der Waals surface area contributed by atoms with E-state index in [-0.39, 0.29) is 0 Å². The van der Waals surface area contributed by atoms with E-state index in [1.807, 2.05) is 0 Å². The molecule has 1 heterocycles. The number of para-hydroxylation sites is 2. The fourth-order valence-electron chi connectivity index (χ4n) is 1.66. The molecule has 7 nitrogen and oxygen atoms in total. The SMILES string of the molecule is COc1ccccc1NC(=O)C(=O)NN=Cc1ccc(C)o1. The molecular formula is C15H15N3O4. The van der Waals surface area contributed by atoms with Crippen LogP contribution < -0.4 is 15.5 Å². The lowest BCUT2D eigenvalue weighted by atomic mass is 10.3. The summed E-state index contributed by atoms with van der Waals surface area (Å²) in [6, 6.07) is 10.2. The summed E-state index contributed by atoms with van der Waals surface area (Å²) in [5.74, 6) is -0.0921. The maximum Gasteiger partial charge on any atom is 0.329 e. The van der Waals surface area contributed by atoms with Gasteiger partial charge in [0.25, 0.3) is 0 Å². The number of aryl methyl sites for hydroxylation is 1. The van der Waals surface area contributed by atoms with Crippen LogP contribution in [0.15, 0.2) is 45.9 Å². The molecule has 0 bridgehead atoms. The minimum absolute atomic E-state index is 0.399. The third-order valence-electron chi connectivity index (χ3n) is 2.68. The van der Waals surface area contributed by atoms with E-state index in [2.05, 4.69) is 15.8 Å². The quantitative estimate of drug-likeness (QED) is 0.510. The van der Waals surface area contributed by atoms with Crippen LogP contribution in [0.4, 0.5) is 5.69 Å². The highest BCUT2D eigenvalue weighted by atomic mass is 16.5. The van der Waals surface area contributed by atoms with E-state index in [1.54, 1.807) is 43.3 Å². The number of nitrogens with zero attached hydrogens (tertiary/aromatic N) is 1. The number of rotatable bonds is 4. The first-order valence-electron chi connectivity index (χ1n) is 6.44. The van der Waals surface area contributed by atoms with Crippen LogP contribution >= 0.6 is 0 Å². The number of furan rings is 1. The maximum absolute atomic E-state index is 11.8. The molecule has 0 radical (unpaired) electrons. The number of benzene rings is 1. The van der Waals surface area contributed by atoms with E-state index in [9.17, 15) is 9.59 Å². The van der Waals surface area contributed by atoms with Crippen LogP contribution in [0.1, 0.15) is 11.5 Å². The molecule has 7 heteroatoms. The summed E-state index contributed by atoms with van der Waals surface area (Å²) < 4.78 is 10.3. The number of hydrogen-bond donors (Lipinski definition) is 2. The molecule has 0 saturated heterocycles. The van der Waals surface area contributed by atoms with E-state index < -0.39 is 11.8 Å². The number of ether oxygens (including phenoxy) is 1. The highest BCUT2D eigenvalue weighted by molar-refractivity contribution is 6.39. The van der Waals surface area contributed by atoms with E-state index in [0.717, 1.165) is 5.76 Å². The fourth-order valence-corrected chi connectivity index (χ4v) is 1.66. The maximum atomic E-state index is 11.8. The molecule has 0 saturated carbocycles. The van der Waals surface area contributed by atoms with Crippen LogP contribution in [-0.2, 0) is 9.59 Å². The minimum Gasteiger partial charge on any atom is -0.495 e. The number of methoxy groups -OCH3 is 1. The molecule has 2 amide bonds. The van der Waals surface area contributed by atoms with Crippen LogP contribution in [0.2, 0.25) is 0 Å². The number of anilines is 1. The second kappa shape index (κ2) is 7.07. The molecule has 1 aromatic carbocycles. The number of carbonyl (C=O) groups excluding carboxylic acids is 2. The van der Waals surface area contributed by atoms with Crippen molar-refractivity contribution in [3.63, 3.8) is 0 Å². The Morgan fingerprint density at radius 1 is 1.18 bits per heavy atom. The van der Waals surface area contributed by atoms with Gasteiger partial charge in [0.1, 0.15) is 17.3 Å². The smallest absolute Gasteiger partial charge is 0.329 e. The van der Waals surface area contributed by atoms with E-state index in [0.29, 0.717) is 17.2 Å². The summed E-state index contributed by atoms with van der Waals surface area (Å²) in [5, 5.41) is 6.09. The molecule has 0 spiro atoms. The molecule has 0 fully saturated rings. The Kier molecular flexibility index (Phi) is 4.92. The molecule has 22 heavy (non-hydrogen) atoms. The van der Waals surface area contributed by atoms with Crippen molar-refractivity contribution in [2.45, 2.75) is 6.92 Å². The van der Waals surface area contributed by atoms with Crippen molar-refractivity contribution in [1.82, 2.24) is 5.43 Å². The summed E-state index contributed by atoms with van der Waals surface area (Å²) in [4.78, 5) is 23.4. The van der Waals surface area contributed by atoms with E-state index >= 15 is 0 Å². The summed E-state index contributed by atoms with van der Waals surface area (Å²) in [5.41, 5.74) is 2.51. The van der Waals surface area contributed by atoms with Crippen LogP contribution in [0.25, 0.3) is 0 Å². The Morgan fingerprint density at radius 3 is 2.64 bits per heavy atom. The van der Waals surface area contributed by atoms with Gasteiger partial charge in [-0.1, -0.05) is 12.1 Å². The van der Waals surface area contributed by atoms with Gasteiger partial charge in [-0.3, -0.25) is 9.59 Å². The molecule has 2 N–H and O–H groups in total. The number of hydrogen-bond acceptors (Lipinski definition) is 5. The molecule has 0 aliphatic rings. The Balaban J connectivity index is 1.92. The van der Waals surface area contributed by atoms with E-state index in [4.69, 9.17) is 9.15 Å². The van der Waals surface area contributed by atoms with Crippen molar-refractivity contribution in [3.05, 3.63) is 47.9 Å². The molecule has 0 aliphatic heterocycles. The fraction of sp³-hybridized carbons (Fsp3) is 0.133. The Morgan fingerprint density at radius 2 is 1.95 bits per heavy atom. The lowest BCUT2D eigenvalue weighted by Crippen LogP contribution is -2.32. The monoisotopic (exact) mass is 301 g/mol. The molecular weight excluding hydrogens is 286 g/mol. The lowest BCUT2D eigenvalue weighted by Gasteiger charge is -2.08. The van der Waals surface area contributed by atoms with Crippen molar-refractivity contribution >= 4 is 23.7 Å². The molecule has 1 aromatic heterocycles. The zero-order valence-electron chi connectivity index (χ0n) is 12.1. The Bertz CT molecular complexity index is 706. The first-order valence-corrected chi connectivity index (χ1v) is 6.44. The zero-order valence-corrected chi connectivity index (χ0v) is 12.1. The van der Waals surface area contributed by atoms with Gasteiger partial charge in [-0.05, 0) is 31.2 Å². The molecule has 2 aromatic rings. The highest BCUT2D eigenvalue weighted by Crippen LogP contribution is 2.22. The van der Waals surface area contributed by atoms with Gasteiger partial charge < -0.3 is 14.5 Å². The molecule has 0 unspecified atom stereocenters. The first kappa shape index (κ1) is 15.3.